The summed E-state index contributed by atoms with van der Waals surface area (Å²) in [7, 11) is 0. The van der Waals surface area contributed by atoms with Crippen molar-refractivity contribution in [3.8, 4) is 11.3 Å². The van der Waals surface area contributed by atoms with Gasteiger partial charge in [0.25, 0.3) is 0 Å². The van der Waals surface area contributed by atoms with Crippen molar-refractivity contribution in [3.63, 3.8) is 0 Å². The normalized spacial score (nSPS) is 14.7. The molecule has 0 saturated heterocycles. The molecule has 1 aliphatic rings. The van der Waals surface area contributed by atoms with Crippen LogP contribution in [0.2, 0.25) is 5.02 Å². The highest BCUT2D eigenvalue weighted by Crippen LogP contribution is 2.24. The van der Waals surface area contributed by atoms with Crippen molar-refractivity contribution >= 4 is 11.6 Å². The summed E-state index contributed by atoms with van der Waals surface area (Å²) < 4.78 is 0. The summed E-state index contributed by atoms with van der Waals surface area (Å²) in [6.07, 6.45) is 4.94. The Labute approximate surface area is 171 Å². The molecule has 28 heavy (non-hydrogen) atoms. The first-order valence-electron chi connectivity index (χ1n) is 9.67. The van der Waals surface area contributed by atoms with Crippen molar-refractivity contribution in [2.24, 2.45) is 0 Å². The Kier molecular flexibility index (Phi) is 5.17. The van der Waals surface area contributed by atoms with Crippen molar-refractivity contribution in [2.45, 2.75) is 45.7 Å². The second-order valence-corrected chi connectivity index (χ2v) is 8.87. The zero-order chi connectivity index (χ0) is 19.7. The highest BCUT2D eigenvalue weighted by molar-refractivity contribution is 6.30. The van der Waals surface area contributed by atoms with E-state index >= 15 is 0 Å². The highest BCUT2D eigenvalue weighted by atomic mass is 35.5. The van der Waals surface area contributed by atoms with E-state index < -0.39 is 0 Å². The molecule has 5 heteroatoms. The van der Waals surface area contributed by atoms with E-state index in [0.717, 1.165) is 48.2 Å². The van der Waals surface area contributed by atoms with E-state index in [0.29, 0.717) is 0 Å². The van der Waals surface area contributed by atoms with Gasteiger partial charge in [-0.15, -0.1) is 0 Å². The van der Waals surface area contributed by atoms with Gasteiger partial charge in [0.2, 0.25) is 0 Å². The lowest BCUT2D eigenvalue weighted by Gasteiger charge is -2.29. The molecule has 0 radical (unpaired) electrons. The molecule has 0 unspecified atom stereocenters. The molecule has 0 atom stereocenters. The van der Waals surface area contributed by atoms with Crippen LogP contribution >= 0.6 is 11.6 Å². The molecule has 3 heterocycles. The van der Waals surface area contributed by atoms with Crippen LogP contribution in [0.5, 0.6) is 0 Å². The number of halogens is 1. The number of aromatic nitrogens is 3. The van der Waals surface area contributed by atoms with E-state index in [2.05, 4.69) is 47.8 Å². The van der Waals surface area contributed by atoms with Gasteiger partial charge >= 0.3 is 0 Å². The third kappa shape index (κ3) is 4.23. The molecule has 0 amide bonds. The Balaban J connectivity index is 1.44. The molecule has 4 rings (SSSR count). The SMILES string of the molecule is CC(C)(C)c1ncc2c(n1)CCN(Cc1ccc(-c3cccc(Cl)c3)nc1)C2. The Bertz CT molecular complexity index is 977. The molecule has 0 bridgehead atoms. The Morgan fingerprint density at radius 3 is 2.64 bits per heavy atom. The quantitative estimate of drug-likeness (QED) is 0.625. The molecule has 1 aliphatic heterocycles. The smallest absolute Gasteiger partial charge is 0.133 e. The van der Waals surface area contributed by atoms with E-state index in [-0.39, 0.29) is 5.41 Å². The number of benzene rings is 1. The molecule has 4 nitrogen and oxygen atoms in total. The predicted molar refractivity (Wildman–Crippen MR) is 113 cm³/mol. The van der Waals surface area contributed by atoms with Crippen LogP contribution in [0.3, 0.4) is 0 Å². The number of nitrogens with zero attached hydrogens (tertiary/aromatic N) is 4. The first kappa shape index (κ1) is 19.0. The number of pyridine rings is 1. The summed E-state index contributed by atoms with van der Waals surface area (Å²) in [4.78, 5) is 16.5. The number of hydrogen-bond donors (Lipinski definition) is 0. The van der Waals surface area contributed by atoms with Crippen LogP contribution in [0, 0.1) is 0 Å². The minimum atomic E-state index is -0.0113. The third-order valence-corrected chi connectivity index (χ3v) is 5.27. The van der Waals surface area contributed by atoms with Crippen LogP contribution < -0.4 is 0 Å². The van der Waals surface area contributed by atoms with Crippen molar-refractivity contribution in [1.29, 1.82) is 0 Å². The van der Waals surface area contributed by atoms with Gasteiger partial charge < -0.3 is 0 Å². The van der Waals surface area contributed by atoms with Crippen molar-refractivity contribution < 1.29 is 0 Å². The lowest BCUT2D eigenvalue weighted by atomic mass is 9.95. The summed E-state index contributed by atoms with van der Waals surface area (Å²) >= 11 is 6.09. The van der Waals surface area contributed by atoms with Gasteiger partial charge in [0.1, 0.15) is 5.82 Å². The van der Waals surface area contributed by atoms with Crippen LogP contribution in [-0.2, 0) is 24.9 Å². The summed E-state index contributed by atoms with van der Waals surface area (Å²) in [6, 6.07) is 12.0. The zero-order valence-corrected chi connectivity index (χ0v) is 17.4. The van der Waals surface area contributed by atoms with Gasteiger partial charge in [0, 0.05) is 65.7 Å². The molecule has 3 aromatic rings. The second kappa shape index (κ2) is 7.61. The molecule has 144 valence electrons. The van der Waals surface area contributed by atoms with Crippen molar-refractivity contribution in [2.75, 3.05) is 6.54 Å². The molecule has 0 saturated carbocycles. The molecular weight excluding hydrogens is 368 g/mol. The third-order valence-electron chi connectivity index (χ3n) is 5.04. The molecule has 0 spiro atoms. The molecule has 1 aromatic carbocycles. The topological polar surface area (TPSA) is 41.9 Å². The maximum Gasteiger partial charge on any atom is 0.133 e. The molecule has 0 fully saturated rings. The van der Waals surface area contributed by atoms with Crippen LogP contribution in [0.4, 0.5) is 0 Å². The largest absolute Gasteiger partial charge is 0.294 e. The Morgan fingerprint density at radius 2 is 1.93 bits per heavy atom. The predicted octanol–water partition coefficient (Wildman–Crippen LogP) is 5.05. The van der Waals surface area contributed by atoms with Gasteiger partial charge in [-0.25, -0.2) is 9.97 Å². The van der Waals surface area contributed by atoms with Gasteiger partial charge in [0.05, 0.1) is 5.69 Å². The van der Waals surface area contributed by atoms with Gasteiger partial charge in [-0.1, -0.05) is 50.6 Å². The number of rotatable bonds is 3. The summed E-state index contributed by atoms with van der Waals surface area (Å²) in [5.41, 5.74) is 5.62. The van der Waals surface area contributed by atoms with Crippen molar-refractivity contribution in [3.05, 3.63) is 76.5 Å². The number of hydrogen-bond acceptors (Lipinski definition) is 4. The second-order valence-electron chi connectivity index (χ2n) is 8.44. The Hall–Kier alpha value is -2.30. The van der Waals surface area contributed by atoms with Crippen LogP contribution in [0.1, 0.15) is 43.4 Å². The van der Waals surface area contributed by atoms with Crippen molar-refractivity contribution in [1.82, 2.24) is 19.9 Å². The fraction of sp³-hybridized carbons (Fsp3) is 0.348. The minimum absolute atomic E-state index is 0.0113. The van der Waals surface area contributed by atoms with E-state index in [1.807, 2.05) is 36.7 Å². The molecular formula is C23H25ClN4. The van der Waals surface area contributed by atoms with Crippen LogP contribution in [0.15, 0.2) is 48.8 Å². The lowest BCUT2D eigenvalue weighted by Crippen LogP contribution is -2.32. The molecule has 2 aromatic heterocycles. The standard InChI is InChI=1S/C23H25ClN4/c1-23(2,3)22-26-13-18-15-28(10-9-21(18)27-22)14-16-7-8-20(25-12-16)17-5-4-6-19(24)11-17/h4-8,11-13H,9-10,14-15H2,1-3H3. The van der Waals surface area contributed by atoms with Crippen LogP contribution in [-0.4, -0.2) is 26.4 Å². The van der Waals surface area contributed by atoms with E-state index in [4.69, 9.17) is 16.6 Å². The van der Waals surface area contributed by atoms with E-state index in [1.54, 1.807) is 0 Å². The van der Waals surface area contributed by atoms with Crippen LogP contribution in [0.25, 0.3) is 11.3 Å². The molecule has 0 N–H and O–H groups in total. The zero-order valence-electron chi connectivity index (χ0n) is 16.6. The first-order valence-corrected chi connectivity index (χ1v) is 10.0. The molecule has 0 aliphatic carbocycles. The summed E-state index contributed by atoms with van der Waals surface area (Å²) in [5.74, 6) is 0.931. The van der Waals surface area contributed by atoms with Gasteiger partial charge in [0.15, 0.2) is 0 Å². The van der Waals surface area contributed by atoms with E-state index in [9.17, 15) is 0 Å². The lowest BCUT2D eigenvalue weighted by molar-refractivity contribution is 0.242. The highest BCUT2D eigenvalue weighted by Gasteiger charge is 2.22. The Morgan fingerprint density at radius 1 is 1.07 bits per heavy atom. The monoisotopic (exact) mass is 392 g/mol. The van der Waals surface area contributed by atoms with Gasteiger partial charge in [-0.2, -0.15) is 0 Å². The summed E-state index contributed by atoms with van der Waals surface area (Å²) in [6.45, 7) is 9.24. The minimum Gasteiger partial charge on any atom is -0.294 e. The average Bonchev–Trinajstić information content (AvgIpc) is 2.67. The maximum absolute atomic E-state index is 6.09. The van der Waals surface area contributed by atoms with Gasteiger partial charge in [-0.05, 0) is 23.8 Å². The first-order chi connectivity index (χ1) is 13.4. The maximum atomic E-state index is 6.09. The fourth-order valence-electron chi connectivity index (χ4n) is 3.47. The summed E-state index contributed by atoms with van der Waals surface area (Å²) in [5, 5.41) is 0.729. The number of fused-ring (bicyclic) bond motifs is 1. The fourth-order valence-corrected chi connectivity index (χ4v) is 3.66. The average molecular weight is 393 g/mol. The van der Waals surface area contributed by atoms with Gasteiger partial charge in [-0.3, -0.25) is 9.88 Å². The van der Waals surface area contributed by atoms with E-state index in [1.165, 1.54) is 16.8 Å².